The van der Waals surface area contributed by atoms with E-state index in [-0.39, 0.29) is 18.6 Å². The minimum absolute atomic E-state index is 0.125. The maximum Gasteiger partial charge on any atom is 0.255 e. The number of primary amides is 1. The number of nitrogens with one attached hydrogen (secondary N) is 1. The lowest BCUT2D eigenvalue weighted by Gasteiger charge is -2.16. The van der Waals surface area contributed by atoms with Crippen molar-refractivity contribution in [1.82, 2.24) is 5.32 Å². The van der Waals surface area contributed by atoms with Crippen molar-refractivity contribution in [3.05, 3.63) is 23.8 Å². The van der Waals surface area contributed by atoms with Crippen LogP contribution in [-0.4, -0.2) is 24.5 Å². The molecule has 22 heavy (non-hydrogen) atoms. The standard InChI is InChI=1S/C16H23N3O3/c17-13-9-11(7-8-14(13)22-10-15(18)20)16(21)19-12-5-3-1-2-4-6-12/h7-9,12H,1-6,10,17H2,(H2,18,20)(H,19,21). The van der Waals surface area contributed by atoms with Crippen LogP contribution in [0, 0.1) is 0 Å². The van der Waals surface area contributed by atoms with Gasteiger partial charge in [0, 0.05) is 11.6 Å². The molecule has 0 aromatic heterocycles. The fourth-order valence-corrected chi connectivity index (χ4v) is 2.66. The monoisotopic (exact) mass is 305 g/mol. The fourth-order valence-electron chi connectivity index (χ4n) is 2.66. The van der Waals surface area contributed by atoms with Crippen molar-refractivity contribution in [2.75, 3.05) is 12.3 Å². The van der Waals surface area contributed by atoms with Crippen molar-refractivity contribution in [1.29, 1.82) is 0 Å². The van der Waals surface area contributed by atoms with Gasteiger partial charge in [-0.2, -0.15) is 0 Å². The molecule has 1 saturated carbocycles. The molecule has 0 radical (unpaired) electrons. The van der Waals surface area contributed by atoms with Crippen LogP contribution in [-0.2, 0) is 4.79 Å². The molecule has 6 heteroatoms. The smallest absolute Gasteiger partial charge is 0.255 e. The Morgan fingerprint density at radius 3 is 2.45 bits per heavy atom. The van der Waals surface area contributed by atoms with Gasteiger partial charge in [-0.3, -0.25) is 9.59 Å². The highest BCUT2D eigenvalue weighted by molar-refractivity contribution is 5.95. The van der Waals surface area contributed by atoms with Crippen LogP contribution in [0.4, 0.5) is 5.69 Å². The summed E-state index contributed by atoms with van der Waals surface area (Å²) >= 11 is 0. The van der Waals surface area contributed by atoms with Gasteiger partial charge in [0.2, 0.25) is 0 Å². The Balaban J connectivity index is 1.97. The quantitative estimate of drug-likeness (QED) is 0.567. The number of benzene rings is 1. The van der Waals surface area contributed by atoms with Crippen molar-refractivity contribution in [3.8, 4) is 5.75 Å². The van der Waals surface area contributed by atoms with Crippen LogP contribution in [0.25, 0.3) is 0 Å². The lowest BCUT2D eigenvalue weighted by molar-refractivity contribution is -0.119. The topological polar surface area (TPSA) is 107 Å². The number of nitrogen functional groups attached to an aromatic ring is 1. The summed E-state index contributed by atoms with van der Waals surface area (Å²) in [5.41, 5.74) is 11.7. The molecule has 5 N–H and O–H groups in total. The van der Waals surface area contributed by atoms with Crippen LogP contribution in [0.3, 0.4) is 0 Å². The summed E-state index contributed by atoms with van der Waals surface area (Å²) in [6.45, 7) is -0.238. The average molecular weight is 305 g/mol. The Morgan fingerprint density at radius 2 is 1.86 bits per heavy atom. The SMILES string of the molecule is NC(=O)COc1ccc(C(=O)NC2CCCCCC2)cc1N. The molecular formula is C16H23N3O3. The predicted molar refractivity (Wildman–Crippen MR) is 84.5 cm³/mol. The van der Waals surface area contributed by atoms with E-state index in [1.54, 1.807) is 18.2 Å². The van der Waals surface area contributed by atoms with E-state index >= 15 is 0 Å². The van der Waals surface area contributed by atoms with Crippen LogP contribution >= 0.6 is 0 Å². The molecule has 0 atom stereocenters. The lowest BCUT2D eigenvalue weighted by atomic mass is 10.1. The number of hydrogen-bond donors (Lipinski definition) is 3. The van der Waals surface area contributed by atoms with Crippen molar-refractivity contribution >= 4 is 17.5 Å². The second-order valence-electron chi connectivity index (χ2n) is 5.67. The Morgan fingerprint density at radius 1 is 1.18 bits per heavy atom. The van der Waals surface area contributed by atoms with Crippen LogP contribution in [0.2, 0.25) is 0 Å². The first kappa shape index (κ1) is 16.1. The van der Waals surface area contributed by atoms with Gasteiger partial charge in [-0.05, 0) is 31.0 Å². The van der Waals surface area contributed by atoms with Gasteiger partial charge in [0.25, 0.3) is 11.8 Å². The van der Waals surface area contributed by atoms with E-state index in [0.717, 1.165) is 25.7 Å². The maximum atomic E-state index is 12.3. The van der Waals surface area contributed by atoms with E-state index < -0.39 is 5.91 Å². The van der Waals surface area contributed by atoms with Gasteiger partial charge in [0.05, 0.1) is 5.69 Å². The molecule has 2 rings (SSSR count). The maximum absolute atomic E-state index is 12.3. The van der Waals surface area contributed by atoms with Gasteiger partial charge >= 0.3 is 0 Å². The summed E-state index contributed by atoms with van der Waals surface area (Å²) in [5.74, 6) is -0.348. The number of carbonyl (C=O) groups is 2. The number of ether oxygens (including phenoxy) is 1. The van der Waals surface area contributed by atoms with E-state index in [4.69, 9.17) is 16.2 Å². The third-order valence-corrected chi connectivity index (χ3v) is 3.83. The number of nitrogens with two attached hydrogens (primary N) is 2. The summed E-state index contributed by atoms with van der Waals surface area (Å²) in [4.78, 5) is 23.0. The Kier molecular flexibility index (Phi) is 5.63. The van der Waals surface area contributed by atoms with Gasteiger partial charge in [-0.1, -0.05) is 25.7 Å². The molecule has 2 amide bonds. The number of carbonyl (C=O) groups excluding carboxylic acids is 2. The molecule has 0 heterocycles. The summed E-state index contributed by atoms with van der Waals surface area (Å²) in [6, 6.07) is 5.02. The minimum atomic E-state index is -0.574. The molecule has 0 saturated heterocycles. The largest absolute Gasteiger partial charge is 0.482 e. The molecule has 1 fully saturated rings. The van der Waals surface area contributed by atoms with Crippen molar-refractivity contribution < 1.29 is 14.3 Å². The van der Waals surface area contributed by atoms with Crippen LogP contribution in [0.1, 0.15) is 48.9 Å². The molecule has 0 spiro atoms. The second-order valence-corrected chi connectivity index (χ2v) is 5.67. The first-order valence-electron chi connectivity index (χ1n) is 7.68. The van der Waals surface area contributed by atoms with Crippen LogP contribution < -0.4 is 21.5 Å². The fraction of sp³-hybridized carbons (Fsp3) is 0.500. The molecular weight excluding hydrogens is 282 g/mol. The zero-order valence-electron chi connectivity index (χ0n) is 12.6. The second kappa shape index (κ2) is 7.68. The van der Waals surface area contributed by atoms with E-state index in [2.05, 4.69) is 5.32 Å². The molecule has 1 aliphatic carbocycles. The number of rotatable bonds is 5. The van der Waals surface area contributed by atoms with Gasteiger partial charge in [0.15, 0.2) is 6.61 Å². The Labute approximate surface area is 130 Å². The predicted octanol–water partition coefficient (Wildman–Crippen LogP) is 1.59. The average Bonchev–Trinajstić information content (AvgIpc) is 2.74. The van der Waals surface area contributed by atoms with E-state index in [1.165, 1.54) is 12.8 Å². The first-order valence-corrected chi connectivity index (χ1v) is 7.68. The zero-order chi connectivity index (χ0) is 15.9. The van der Waals surface area contributed by atoms with E-state index in [1.807, 2.05) is 0 Å². The highest BCUT2D eigenvalue weighted by Crippen LogP contribution is 2.23. The number of hydrogen-bond acceptors (Lipinski definition) is 4. The lowest BCUT2D eigenvalue weighted by Crippen LogP contribution is -2.34. The highest BCUT2D eigenvalue weighted by atomic mass is 16.5. The third kappa shape index (κ3) is 4.65. The molecule has 1 aromatic rings. The summed E-state index contributed by atoms with van der Waals surface area (Å²) < 4.78 is 5.17. The normalized spacial score (nSPS) is 15.8. The molecule has 1 aromatic carbocycles. The van der Waals surface area contributed by atoms with Crippen LogP contribution in [0.15, 0.2) is 18.2 Å². The van der Waals surface area contributed by atoms with E-state index in [9.17, 15) is 9.59 Å². The molecule has 0 bridgehead atoms. The van der Waals surface area contributed by atoms with Crippen molar-refractivity contribution in [2.24, 2.45) is 5.73 Å². The first-order chi connectivity index (χ1) is 10.6. The molecule has 0 aliphatic heterocycles. The molecule has 0 unspecified atom stereocenters. The zero-order valence-corrected chi connectivity index (χ0v) is 12.6. The van der Waals surface area contributed by atoms with Crippen molar-refractivity contribution in [2.45, 2.75) is 44.6 Å². The van der Waals surface area contributed by atoms with Gasteiger partial charge in [-0.15, -0.1) is 0 Å². The van der Waals surface area contributed by atoms with Gasteiger partial charge in [0.1, 0.15) is 5.75 Å². The van der Waals surface area contributed by atoms with Crippen molar-refractivity contribution in [3.63, 3.8) is 0 Å². The summed E-state index contributed by atoms with van der Waals surface area (Å²) in [7, 11) is 0. The highest BCUT2D eigenvalue weighted by Gasteiger charge is 2.16. The summed E-state index contributed by atoms with van der Waals surface area (Å²) in [6.07, 6.45) is 6.86. The van der Waals surface area contributed by atoms with Gasteiger partial charge < -0.3 is 21.5 Å². The molecule has 120 valence electrons. The minimum Gasteiger partial charge on any atom is -0.482 e. The third-order valence-electron chi connectivity index (χ3n) is 3.83. The Hall–Kier alpha value is -2.24. The Bertz CT molecular complexity index is 537. The van der Waals surface area contributed by atoms with Gasteiger partial charge in [-0.25, -0.2) is 0 Å². The number of anilines is 1. The molecule has 6 nitrogen and oxygen atoms in total. The van der Waals surface area contributed by atoms with Crippen LogP contribution in [0.5, 0.6) is 5.75 Å². The van der Waals surface area contributed by atoms with E-state index in [0.29, 0.717) is 17.0 Å². The molecule has 1 aliphatic rings. The summed E-state index contributed by atoms with van der Waals surface area (Å²) in [5, 5.41) is 3.06. The number of amides is 2.